The van der Waals surface area contributed by atoms with E-state index in [0.717, 1.165) is 11.9 Å². The smallest absolute Gasteiger partial charge is 0.235 e. The lowest BCUT2D eigenvalue weighted by Gasteiger charge is -1.97. The summed E-state index contributed by atoms with van der Waals surface area (Å²) in [5.74, 6) is -0.645. The van der Waals surface area contributed by atoms with Gasteiger partial charge in [-0.25, -0.2) is 4.68 Å². The van der Waals surface area contributed by atoms with E-state index < -0.39 is 5.95 Å². The van der Waals surface area contributed by atoms with Crippen LogP contribution in [0.4, 0.5) is 4.39 Å². The number of aromatic nitrogens is 3. The van der Waals surface area contributed by atoms with Gasteiger partial charge in [0.05, 0.1) is 18.1 Å². The molecule has 2 rings (SSSR count). The summed E-state index contributed by atoms with van der Waals surface area (Å²) in [4.78, 5) is 13.5. The van der Waals surface area contributed by atoms with Gasteiger partial charge in [-0.2, -0.15) is 4.39 Å². The first kappa shape index (κ1) is 21.9. The average Bonchev–Trinajstić information content (AvgIpc) is 2.92. The zero-order valence-corrected chi connectivity index (χ0v) is 14.1. The second-order valence-electron chi connectivity index (χ2n) is 3.51. The van der Waals surface area contributed by atoms with E-state index in [9.17, 15) is 9.18 Å². The highest BCUT2D eigenvalue weighted by atomic mass is 19.1. The summed E-state index contributed by atoms with van der Waals surface area (Å²) in [6, 6.07) is 3.60. The molecule has 5 nitrogen and oxygen atoms in total. The Balaban J connectivity index is 0. The van der Waals surface area contributed by atoms with Crippen LogP contribution in [0, 0.1) is 18.3 Å². The van der Waals surface area contributed by atoms with Crippen molar-refractivity contribution in [2.45, 2.75) is 41.5 Å². The molecule has 0 aromatic carbocycles. The fraction of sp³-hybridized carbons (Fsp3) is 0.375. The quantitative estimate of drug-likeness (QED) is 0.853. The van der Waals surface area contributed by atoms with Crippen molar-refractivity contribution >= 4 is 12.0 Å². The lowest BCUT2D eigenvalue weighted by Crippen LogP contribution is -1.94. The zero-order valence-electron chi connectivity index (χ0n) is 14.1. The van der Waals surface area contributed by atoms with Crippen LogP contribution in [0.1, 0.15) is 40.2 Å². The first-order chi connectivity index (χ1) is 10.5. The number of rotatable bonds is 2. The molecule has 0 unspecified atom stereocenters. The van der Waals surface area contributed by atoms with Crippen LogP contribution < -0.4 is 0 Å². The molecule has 0 amide bonds. The number of halogens is 1. The van der Waals surface area contributed by atoms with Crippen LogP contribution in [-0.2, 0) is 4.79 Å². The van der Waals surface area contributed by atoms with Crippen molar-refractivity contribution in [1.82, 2.24) is 14.8 Å². The fourth-order valence-corrected chi connectivity index (χ4v) is 1.06. The summed E-state index contributed by atoms with van der Waals surface area (Å²) in [6.07, 6.45) is 5.70. The second kappa shape index (κ2) is 13.6. The minimum absolute atomic E-state index is 0.204. The van der Waals surface area contributed by atoms with Crippen molar-refractivity contribution in [3.05, 3.63) is 42.2 Å². The number of hydrogen-bond donors (Lipinski definition) is 1. The minimum Gasteiger partial charge on any atom is -0.305 e. The first-order valence-electron chi connectivity index (χ1n) is 7.17. The molecule has 0 bridgehead atoms. The van der Waals surface area contributed by atoms with Gasteiger partial charge in [-0.05, 0) is 19.1 Å². The standard InChI is InChI=1S/C9H8FN3.C3H5NO.2C2H6/c1-7-6-13(12-9(7)10)8-3-2-4-11-5-8;1-3(5)2-4;2*1-2/h2-6H,1H3;2,4H,1H3;2*1-2H3. The Morgan fingerprint density at radius 3 is 2.18 bits per heavy atom. The zero-order chi connectivity index (χ0) is 17.5. The van der Waals surface area contributed by atoms with Gasteiger partial charge in [0, 0.05) is 24.9 Å². The summed E-state index contributed by atoms with van der Waals surface area (Å²) in [5.41, 5.74) is 1.29. The van der Waals surface area contributed by atoms with Gasteiger partial charge in [-0.15, -0.1) is 5.10 Å². The molecular formula is C16H25FN4O. The molecule has 0 saturated heterocycles. The van der Waals surface area contributed by atoms with Crippen molar-refractivity contribution in [2.24, 2.45) is 0 Å². The number of pyridine rings is 1. The number of carbonyl (C=O) groups excluding carboxylic acids is 1. The van der Waals surface area contributed by atoms with E-state index in [2.05, 4.69) is 10.1 Å². The fourth-order valence-electron chi connectivity index (χ4n) is 1.06. The molecule has 0 radical (unpaired) electrons. The van der Waals surface area contributed by atoms with Crippen LogP contribution in [0.25, 0.3) is 5.69 Å². The molecule has 0 aliphatic heterocycles. The second-order valence-corrected chi connectivity index (χ2v) is 3.51. The molecule has 22 heavy (non-hydrogen) atoms. The molecule has 2 heterocycles. The van der Waals surface area contributed by atoms with Crippen molar-refractivity contribution < 1.29 is 9.18 Å². The predicted octanol–water partition coefficient (Wildman–Crippen LogP) is 3.99. The van der Waals surface area contributed by atoms with Crippen LogP contribution >= 0.6 is 0 Å². The summed E-state index contributed by atoms with van der Waals surface area (Å²) in [7, 11) is 0. The van der Waals surface area contributed by atoms with Crippen LogP contribution in [0.15, 0.2) is 30.7 Å². The molecule has 0 aliphatic rings. The Hall–Kier alpha value is -2.37. The minimum atomic E-state index is -0.441. The van der Waals surface area contributed by atoms with E-state index in [4.69, 9.17) is 5.41 Å². The van der Waals surface area contributed by atoms with Crippen molar-refractivity contribution in [3.63, 3.8) is 0 Å². The van der Waals surface area contributed by atoms with Crippen LogP contribution in [-0.4, -0.2) is 26.8 Å². The first-order valence-corrected chi connectivity index (χ1v) is 7.17. The van der Waals surface area contributed by atoms with Gasteiger partial charge < -0.3 is 5.41 Å². The molecule has 2 aromatic rings. The molecule has 0 spiro atoms. The summed E-state index contributed by atoms with van der Waals surface area (Å²) >= 11 is 0. The Labute approximate surface area is 131 Å². The molecular weight excluding hydrogens is 283 g/mol. The molecule has 6 heteroatoms. The maximum atomic E-state index is 12.9. The van der Waals surface area contributed by atoms with E-state index in [1.165, 1.54) is 11.6 Å². The van der Waals surface area contributed by atoms with Crippen molar-refractivity contribution in [1.29, 1.82) is 5.41 Å². The molecule has 0 atom stereocenters. The lowest BCUT2D eigenvalue weighted by atomic mass is 10.4. The maximum Gasteiger partial charge on any atom is 0.235 e. The van der Waals surface area contributed by atoms with Gasteiger partial charge in [-0.1, -0.05) is 27.7 Å². The predicted molar refractivity (Wildman–Crippen MR) is 88.2 cm³/mol. The third-order valence-electron chi connectivity index (χ3n) is 1.95. The lowest BCUT2D eigenvalue weighted by molar-refractivity contribution is -0.110. The van der Waals surface area contributed by atoms with Gasteiger partial charge >= 0.3 is 0 Å². The highest BCUT2D eigenvalue weighted by Crippen LogP contribution is 2.08. The van der Waals surface area contributed by atoms with E-state index in [0.29, 0.717) is 5.56 Å². The molecule has 0 aliphatic carbocycles. The van der Waals surface area contributed by atoms with Crippen LogP contribution in [0.3, 0.4) is 0 Å². The molecule has 1 N–H and O–H groups in total. The Morgan fingerprint density at radius 1 is 1.32 bits per heavy atom. The van der Waals surface area contributed by atoms with Gasteiger partial charge in [0.25, 0.3) is 0 Å². The summed E-state index contributed by atoms with van der Waals surface area (Å²) in [6.45, 7) is 11.0. The number of Topliss-reactive ketones (excluding diaryl/α,β-unsaturated/α-hetero) is 1. The molecule has 2 aromatic heterocycles. The number of ketones is 1. The SMILES string of the molecule is CC.CC.CC(=O)C=N.Cc1cn(-c2cccnc2)nc1F. The van der Waals surface area contributed by atoms with Gasteiger partial charge in [0.2, 0.25) is 5.95 Å². The number of nitrogens with zero attached hydrogens (tertiary/aromatic N) is 3. The Morgan fingerprint density at radius 2 is 1.86 bits per heavy atom. The van der Waals surface area contributed by atoms with E-state index in [-0.39, 0.29) is 5.78 Å². The maximum absolute atomic E-state index is 12.9. The van der Waals surface area contributed by atoms with Gasteiger partial charge in [-0.3, -0.25) is 9.78 Å². The topological polar surface area (TPSA) is 71.6 Å². The Kier molecular flexibility index (Phi) is 13.6. The van der Waals surface area contributed by atoms with Crippen molar-refractivity contribution in [2.75, 3.05) is 0 Å². The highest BCUT2D eigenvalue weighted by molar-refractivity contribution is 6.24. The normalized spacial score (nSPS) is 8.14. The molecule has 0 saturated carbocycles. The number of aryl methyl sites for hydroxylation is 1. The number of hydrogen-bond acceptors (Lipinski definition) is 4. The summed E-state index contributed by atoms with van der Waals surface area (Å²) in [5, 5.41) is 9.87. The van der Waals surface area contributed by atoms with Crippen LogP contribution in [0.2, 0.25) is 0 Å². The van der Waals surface area contributed by atoms with E-state index in [1.807, 2.05) is 33.8 Å². The molecule has 0 fully saturated rings. The van der Waals surface area contributed by atoms with Crippen molar-refractivity contribution in [3.8, 4) is 5.69 Å². The number of carbonyl (C=O) groups is 1. The van der Waals surface area contributed by atoms with E-state index in [1.54, 1.807) is 31.6 Å². The third-order valence-corrected chi connectivity index (χ3v) is 1.95. The van der Waals surface area contributed by atoms with Gasteiger partial charge in [0.15, 0.2) is 5.78 Å². The average molecular weight is 308 g/mol. The van der Waals surface area contributed by atoms with Crippen LogP contribution in [0.5, 0.6) is 0 Å². The Bertz CT molecular complexity index is 519. The van der Waals surface area contributed by atoms with Gasteiger partial charge in [0.1, 0.15) is 0 Å². The van der Waals surface area contributed by atoms with E-state index >= 15 is 0 Å². The monoisotopic (exact) mass is 308 g/mol. The molecule has 122 valence electrons. The largest absolute Gasteiger partial charge is 0.305 e. The number of nitrogens with one attached hydrogen (secondary N) is 1. The third kappa shape index (κ3) is 8.73. The highest BCUT2D eigenvalue weighted by Gasteiger charge is 2.04. The summed E-state index contributed by atoms with van der Waals surface area (Å²) < 4.78 is 14.3.